The van der Waals surface area contributed by atoms with Gasteiger partial charge in [0.25, 0.3) is 0 Å². The summed E-state index contributed by atoms with van der Waals surface area (Å²) in [5.41, 5.74) is 1.38. The van der Waals surface area contributed by atoms with Crippen molar-refractivity contribution in [1.82, 2.24) is 10.2 Å². The number of rotatable bonds is 5. The van der Waals surface area contributed by atoms with Gasteiger partial charge in [-0.15, -0.1) is 0 Å². The Kier molecular flexibility index (Phi) is 10.9. The van der Waals surface area contributed by atoms with Crippen LogP contribution in [-0.2, 0) is 20.9 Å². The van der Waals surface area contributed by atoms with Crippen LogP contribution in [0.2, 0.25) is 0 Å². The van der Waals surface area contributed by atoms with Crippen LogP contribution in [0.25, 0.3) is 5.70 Å². The number of benzene rings is 2. The number of hydrogen-bond acceptors (Lipinski definition) is 9. The fourth-order valence-corrected chi connectivity index (χ4v) is 3.91. The number of aliphatic carboxylic acids is 3. The topological polar surface area (TPSA) is 181 Å². The van der Waals surface area contributed by atoms with E-state index in [2.05, 4.69) is 57.6 Å². The molecule has 0 radical (unpaired) electrons. The molecule has 0 saturated carbocycles. The summed E-state index contributed by atoms with van der Waals surface area (Å²) in [6.45, 7) is 2.42. The van der Waals surface area contributed by atoms with Crippen molar-refractivity contribution in [1.29, 1.82) is 0 Å². The molecule has 0 atom stereocenters. The van der Waals surface area contributed by atoms with Crippen LogP contribution in [0, 0.1) is 0 Å². The van der Waals surface area contributed by atoms with Crippen LogP contribution in [0.4, 0.5) is 5.69 Å². The van der Waals surface area contributed by atoms with Gasteiger partial charge in [-0.3, -0.25) is 14.5 Å². The van der Waals surface area contributed by atoms with Gasteiger partial charge in [0, 0.05) is 30.6 Å². The second-order valence-corrected chi connectivity index (χ2v) is 9.40. The molecular weight excluding hydrogens is 532 g/mol. The van der Waals surface area contributed by atoms with Gasteiger partial charge in [-0.05, 0) is 49.4 Å². The summed E-state index contributed by atoms with van der Waals surface area (Å²) < 4.78 is 5.91. The number of hydrogen-bond donors (Lipinski definition) is 5. The van der Waals surface area contributed by atoms with E-state index in [1.807, 2.05) is 36.4 Å². The Morgan fingerprint density at radius 3 is 2.46 bits per heavy atom. The highest BCUT2D eigenvalue weighted by molar-refractivity contribution is 6.04. The average molecular weight is 565 g/mol. The van der Waals surface area contributed by atoms with Gasteiger partial charge in [-0.2, -0.15) is 0 Å². The molecule has 0 saturated heterocycles. The molecule has 4 rings (SSSR count). The predicted molar refractivity (Wildman–Crippen MR) is 152 cm³/mol. The first kappa shape index (κ1) is 30.7. The lowest BCUT2D eigenvalue weighted by molar-refractivity contribution is -0.170. The number of aliphatic hydroxyl groups is 1. The van der Waals surface area contributed by atoms with E-state index in [1.165, 1.54) is 5.56 Å². The highest BCUT2D eigenvalue weighted by atomic mass is 16.5. The van der Waals surface area contributed by atoms with Crippen LogP contribution < -0.4 is 10.1 Å². The first-order valence-electron chi connectivity index (χ1n) is 12.7. The van der Waals surface area contributed by atoms with Crippen molar-refractivity contribution in [2.75, 3.05) is 20.2 Å². The van der Waals surface area contributed by atoms with Gasteiger partial charge in [-0.1, -0.05) is 36.4 Å². The summed E-state index contributed by atoms with van der Waals surface area (Å²) in [5.74, 6) is -3.58. The summed E-state index contributed by atoms with van der Waals surface area (Å²) in [6, 6.07) is 16.4. The molecule has 0 aromatic heterocycles. The zero-order chi connectivity index (χ0) is 29.8. The molecule has 2 aromatic carbocycles. The maximum absolute atomic E-state index is 10.3. The Morgan fingerprint density at radius 1 is 1.02 bits per heavy atom. The number of allylic oxidation sites excluding steroid dienone is 1. The molecule has 2 aliphatic rings. The maximum atomic E-state index is 10.3. The van der Waals surface area contributed by atoms with Crippen molar-refractivity contribution in [2.24, 2.45) is 9.98 Å². The van der Waals surface area contributed by atoms with E-state index in [0.717, 1.165) is 42.2 Å². The van der Waals surface area contributed by atoms with Crippen molar-refractivity contribution >= 4 is 41.5 Å². The quantitative estimate of drug-likeness (QED) is 0.339. The highest BCUT2D eigenvalue weighted by Gasteiger charge is 2.40. The van der Waals surface area contributed by atoms with Gasteiger partial charge in [0.15, 0.2) is 5.60 Å². The second-order valence-electron chi connectivity index (χ2n) is 9.40. The maximum Gasteiger partial charge on any atom is 0.336 e. The SMILES string of the molecule is CN1CC=CCCOc2cccc(c2)C2=CC=NC(=Nc3cccc(c3)C1)N2.O=C(O)CC(O)(CC(=O)O)C(=O)O. The number of aliphatic imine (C=N–C) groups is 2. The van der Waals surface area contributed by atoms with Crippen molar-refractivity contribution < 1.29 is 39.5 Å². The Hall–Kier alpha value is -4.81. The lowest BCUT2D eigenvalue weighted by Crippen LogP contribution is -2.42. The van der Waals surface area contributed by atoms with Gasteiger partial charge in [0.05, 0.1) is 25.1 Å². The van der Waals surface area contributed by atoms with Crippen molar-refractivity contribution in [3.8, 4) is 5.75 Å². The second kappa shape index (κ2) is 14.5. The van der Waals surface area contributed by atoms with E-state index >= 15 is 0 Å². The third-order valence-corrected chi connectivity index (χ3v) is 5.85. The Morgan fingerprint density at radius 2 is 1.76 bits per heavy atom. The van der Waals surface area contributed by atoms with E-state index in [9.17, 15) is 14.4 Å². The van der Waals surface area contributed by atoms with Crippen molar-refractivity contribution in [2.45, 2.75) is 31.4 Å². The minimum atomic E-state index is -2.74. The third-order valence-electron chi connectivity index (χ3n) is 5.85. The van der Waals surface area contributed by atoms with Crippen molar-refractivity contribution in [3.63, 3.8) is 0 Å². The molecular formula is C29H32N4O8. The first-order valence-corrected chi connectivity index (χ1v) is 12.7. The number of nitrogens with zero attached hydrogens (tertiary/aromatic N) is 3. The normalized spacial score (nSPS) is 15.4. The molecule has 216 valence electrons. The molecule has 2 aliphatic heterocycles. The van der Waals surface area contributed by atoms with Gasteiger partial charge < -0.3 is 30.5 Å². The van der Waals surface area contributed by atoms with Crippen LogP contribution in [0.1, 0.15) is 30.4 Å². The number of ether oxygens (including phenoxy) is 1. The van der Waals surface area contributed by atoms with Crippen LogP contribution in [-0.4, -0.2) is 81.2 Å². The zero-order valence-electron chi connectivity index (χ0n) is 22.4. The summed E-state index contributed by atoms with van der Waals surface area (Å²) in [6.07, 6.45) is 6.70. The van der Waals surface area contributed by atoms with Gasteiger partial charge in [-0.25, -0.2) is 14.8 Å². The monoisotopic (exact) mass is 564 g/mol. The van der Waals surface area contributed by atoms with E-state index < -0.39 is 36.4 Å². The van der Waals surface area contributed by atoms with E-state index in [1.54, 1.807) is 6.21 Å². The number of carbonyl (C=O) groups is 3. The summed E-state index contributed by atoms with van der Waals surface area (Å²) in [5, 5.41) is 37.1. The Balaban J connectivity index is 0.000000302. The van der Waals surface area contributed by atoms with Crippen molar-refractivity contribution in [3.05, 3.63) is 77.9 Å². The van der Waals surface area contributed by atoms with E-state index in [4.69, 9.17) is 25.2 Å². The van der Waals surface area contributed by atoms with Gasteiger partial charge in [0.2, 0.25) is 5.96 Å². The zero-order valence-corrected chi connectivity index (χ0v) is 22.4. The molecule has 12 nitrogen and oxygen atoms in total. The summed E-state index contributed by atoms with van der Waals surface area (Å²) >= 11 is 0. The molecule has 0 fully saturated rings. The standard InChI is InChI=1S/C23H24N4O.C6H8O7/c1-27-13-3-2-4-14-28-21-10-6-8-19(16-21)22-11-12-24-23(26-22)25-20-9-5-7-18(15-20)17-27;7-3(8)1-6(13,5(11)12)2-4(9)10/h2-3,5-12,15-16H,4,13-14,17H2,1H3,(H,24,25,26);13H,1-2H2,(H,7,8)(H,9,10)(H,11,12). The Labute approximate surface area is 236 Å². The molecule has 0 spiro atoms. The molecule has 0 aliphatic carbocycles. The fourth-order valence-electron chi connectivity index (χ4n) is 3.91. The third kappa shape index (κ3) is 10.0. The van der Waals surface area contributed by atoms with Crippen LogP contribution in [0.3, 0.4) is 0 Å². The molecule has 41 heavy (non-hydrogen) atoms. The number of carboxylic acid groups (broad SMARTS) is 3. The summed E-state index contributed by atoms with van der Waals surface area (Å²) in [4.78, 5) is 41.8. The fraction of sp³-hybridized carbons (Fsp3) is 0.276. The number of guanidine groups is 1. The molecule has 2 aromatic rings. The first-order chi connectivity index (χ1) is 19.5. The highest BCUT2D eigenvalue weighted by Crippen LogP contribution is 2.22. The molecule has 0 unspecified atom stereocenters. The molecule has 12 heteroatoms. The predicted octanol–water partition coefficient (Wildman–Crippen LogP) is 2.91. The van der Waals surface area contributed by atoms with E-state index in [-0.39, 0.29) is 0 Å². The van der Waals surface area contributed by atoms with E-state index in [0.29, 0.717) is 12.6 Å². The minimum absolute atomic E-state index is 0.582. The largest absolute Gasteiger partial charge is 0.493 e. The smallest absolute Gasteiger partial charge is 0.336 e. The van der Waals surface area contributed by atoms with Gasteiger partial charge >= 0.3 is 17.9 Å². The number of likely N-dealkylation sites (N-methyl/N-ethyl adjacent to an activating group) is 1. The van der Waals surface area contributed by atoms with Crippen LogP contribution in [0.5, 0.6) is 5.75 Å². The Bertz CT molecular complexity index is 1370. The number of fused-ring (bicyclic) bond motifs is 7. The summed E-state index contributed by atoms with van der Waals surface area (Å²) in [7, 11) is 2.12. The molecule has 5 N–H and O–H groups in total. The average Bonchev–Trinajstić information content (AvgIpc) is 2.90. The number of carboxylic acids is 3. The lowest BCUT2D eigenvalue weighted by Gasteiger charge is -2.18. The molecule has 0 amide bonds. The lowest BCUT2D eigenvalue weighted by atomic mass is 9.96. The minimum Gasteiger partial charge on any atom is -0.493 e. The van der Waals surface area contributed by atoms with Crippen LogP contribution >= 0.6 is 0 Å². The molecule has 2 heterocycles. The van der Waals surface area contributed by atoms with Gasteiger partial charge in [0.1, 0.15) is 5.75 Å². The van der Waals surface area contributed by atoms with Crippen LogP contribution in [0.15, 0.2) is 76.7 Å². The number of nitrogens with one attached hydrogen (secondary N) is 1. The molecule has 6 bridgehead atoms.